The quantitative estimate of drug-likeness (QED) is 0.723. The highest BCUT2D eigenvalue weighted by Crippen LogP contribution is 2.22. The summed E-state index contributed by atoms with van der Waals surface area (Å²) in [6, 6.07) is 7.83. The molecule has 0 bridgehead atoms. The summed E-state index contributed by atoms with van der Waals surface area (Å²) in [4.78, 5) is 11.7. The molecule has 0 fully saturated rings. The van der Waals surface area contributed by atoms with Gasteiger partial charge in [0.05, 0.1) is 7.11 Å². The first kappa shape index (κ1) is 14.5. The van der Waals surface area contributed by atoms with Crippen LogP contribution in [0.5, 0.6) is 5.75 Å². The molecule has 0 aliphatic rings. The molecule has 1 atom stereocenters. The number of rotatable bonds is 7. The van der Waals surface area contributed by atoms with Gasteiger partial charge < -0.3 is 15.8 Å². The number of benzene rings is 1. The average molecular weight is 250 g/mol. The van der Waals surface area contributed by atoms with Crippen LogP contribution in [0.15, 0.2) is 24.3 Å². The number of nitrogens with two attached hydrogens (primary N) is 1. The SMILES string of the molecule is COc1cccc(C(C)CC(=O)NCCCN)c1. The molecule has 0 aliphatic heterocycles. The Morgan fingerprint density at radius 1 is 1.50 bits per heavy atom. The lowest BCUT2D eigenvalue weighted by molar-refractivity contribution is -0.121. The van der Waals surface area contributed by atoms with Crippen LogP contribution in [0.2, 0.25) is 0 Å². The predicted octanol–water partition coefficient (Wildman–Crippen LogP) is 1.65. The third-order valence-electron chi connectivity index (χ3n) is 2.86. The van der Waals surface area contributed by atoms with Gasteiger partial charge in [0.1, 0.15) is 5.75 Å². The van der Waals surface area contributed by atoms with Gasteiger partial charge in [-0.2, -0.15) is 0 Å². The average Bonchev–Trinajstić information content (AvgIpc) is 2.39. The first-order valence-corrected chi connectivity index (χ1v) is 6.28. The second-order valence-corrected chi connectivity index (χ2v) is 4.37. The summed E-state index contributed by atoms with van der Waals surface area (Å²) in [5.74, 6) is 1.07. The highest BCUT2D eigenvalue weighted by molar-refractivity contribution is 5.76. The summed E-state index contributed by atoms with van der Waals surface area (Å²) in [6.07, 6.45) is 1.30. The Balaban J connectivity index is 2.48. The van der Waals surface area contributed by atoms with E-state index in [1.54, 1.807) is 7.11 Å². The standard InChI is InChI=1S/C14H22N2O2/c1-11(9-14(17)16-8-4-7-15)12-5-3-6-13(10-12)18-2/h3,5-6,10-11H,4,7-9,15H2,1-2H3,(H,16,17). The highest BCUT2D eigenvalue weighted by atomic mass is 16.5. The van der Waals surface area contributed by atoms with Crippen molar-refractivity contribution < 1.29 is 9.53 Å². The number of ether oxygens (including phenoxy) is 1. The Bertz CT molecular complexity index is 380. The minimum Gasteiger partial charge on any atom is -0.497 e. The molecule has 1 unspecified atom stereocenters. The lowest BCUT2D eigenvalue weighted by atomic mass is 9.97. The van der Waals surface area contributed by atoms with Crippen molar-refractivity contribution in [1.29, 1.82) is 0 Å². The van der Waals surface area contributed by atoms with Crippen LogP contribution in [-0.2, 0) is 4.79 Å². The van der Waals surface area contributed by atoms with E-state index in [0.29, 0.717) is 19.5 Å². The van der Waals surface area contributed by atoms with Gasteiger partial charge in [-0.1, -0.05) is 19.1 Å². The van der Waals surface area contributed by atoms with Crippen molar-refractivity contribution in [3.8, 4) is 5.75 Å². The third kappa shape index (κ3) is 4.75. The fourth-order valence-electron chi connectivity index (χ4n) is 1.75. The minimum absolute atomic E-state index is 0.0683. The summed E-state index contributed by atoms with van der Waals surface area (Å²) in [5.41, 5.74) is 6.49. The number of nitrogens with one attached hydrogen (secondary N) is 1. The normalized spacial score (nSPS) is 11.9. The van der Waals surface area contributed by atoms with Gasteiger partial charge in [0.25, 0.3) is 0 Å². The Hall–Kier alpha value is -1.55. The molecule has 1 amide bonds. The van der Waals surface area contributed by atoms with E-state index in [-0.39, 0.29) is 11.8 Å². The zero-order valence-electron chi connectivity index (χ0n) is 11.1. The Morgan fingerprint density at radius 3 is 2.94 bits per heavy atom. The second kappa shape index (κ2) is 7.71. The van der Waals surface area contributed by atoms with Crippen LogP contribution in [0.1, 0.15) is 31.2 Å². The predicted molar refractivity (Wildman–Crippen MR) is 72.7 cm³/mol. The third-order valence-corrected chi connectivity index (χ3v) is 2.86. The van der Waals surface area contributed by atoms with Crippen LogP contribution in [0.25, 0.3) is 0 Å². The molecule has 4 nitrogen and oxygen atoms in total. The van der Waals surface area contributed by atoms with Crippen molar-refractivity contribution in [2.75, 3.05) is 20.2 Å². The van der Waals surface area contributed by atoms with Crippen LogP contribution < -0.4 is 15.8 Å². The summed E-state index contributed by atoms with van der Waals surface area (Å²) in [7, 11) is 1.64. The zero-order valence-corrected chi connectivity index (χ0v) is 11.1. The second-order valence-electron chi connectivity index (χ2n) is 4.37. The molecule has 1 aromatic rings. The van der Waals surface area contributed by atoms with E-state index in [1.807, 2.05) is 31.2 Å². The molecule has 0 saturated heterocycles. The number of methoxy groups -OCH3 is 1. The van der Waals surface area contributed by atoms with E-state index in [9.17, 15) is 4.79 Å². The number of hydrogen-bond donors (Lipinski definition) is 2. The number of hydrogen-bond acceptors (Lipinski definition) is 3. The van der Waals surface area contributed by atoms with Crippen LogP contribution >= 0.6 is 0 Å². The molecule has 100 valence electrons. The molecular formula is C14H22N2O2. The van der Waals surface area contributed by atoms with Crippen molar-refractivity contribution in [3.63, 3.8) is 0 Å². The number of amides is 1. The molecule has 0 aromatic heterocycles. The summed E-state index contributed by atoms with van der Waals surface area (Å²) in [5, 5.41) is 2.86. The molecular weight excluding hydrogens is 228 g/mol. The van der Waals surface area contributed by atoms with E-state index >= 15 is 0 Å². The van der Waals surface area contributed by atoms with Crippen molar-refractivity contribution in [3.05, 3.63) is 29.8 Å². The first-order chi connectivity index (χ1) is 8.67. The molecule has 1 aromatic carbocycles. The molecule has 0 heterocycles. The van der Waals surface area contributed by atoms with Gasteiger partial charge in [0.2, 0.25) is 5.91 Å². The smallest absolute Gasteiger partial charge is 0.220 e. The summed E-state index contributed by atoms with van der Waals surface area (Å²) < 4.78 is 5.17. The Kier molecular flexibility index (Phi) is 6.22. The Labute approximate surface area is 109 Å². The number of carbonyl (C=O) groups is 1. The highest BCUT2D eigenvalue weighted by Gasteiger charge is 2.11. The van der Waals surface area contributed by atoms with Crippen molar-refractivity contribution in [2.24, 2.45) is 5.73 Å². The molecule has 3 N–H and O–H groups in total. The van der Waals surface area contributed by atoms with Gasteiger partial charge in [0.15, 0.2) is 0 Å². The Morgan fingerprint density at radius 2 is 2.28 bits per heavy atom. The molecule has 1 rings (SSSR count). The fourth-order valence-corrected chi connectivity index (χ4v) is 1.75. The molecule has 0 spiro atoms. The van der Waals surface area contributed by atoms with E-state index in [2.05, 4.69) is 5.32 Å². The van der Waals surface area contributed by atoms with Crippen molar-refractivity contribution >= 4 is 5.91 Å². The summed E-state index contributed by atoms with van der Waals surface area (Å²) >= 11 is 0. The monoisotopic (exact) mass is 250 g/mol. The molecule has 4 heteroatoms. The molecule has 18 heavy (non-hydrogen) atoms. The topological polar surface area (TPSA) is 64.3 Å². The lowest BCUT2D eigenvalue weighted by Crippen LogP contribution is -2.26. The minimum atomic E-state index is 0.0683. The molecule has 0 radical (unpaired) electrons. The van der Waals surface area contributed by atoms with Crippen LogP contribution in [0.3, 0.4) is 0 Å². The lowest BCUT2D eigenvalue weighted by Gasteiger charge is -2.13. The van der Waals surface area contributed by atoms with Gasteiger partial charge in [-0.15, -0.1) is 0 Å². The fraction of sp³-hybridized carbons (Fsp3) is 0.500. The van der Waals surface area contributed by atoms with E-state index in [0.717, 1.165) is 17.7 Å². The first-order valence-electron chi connectivity index (χ1n) is 6.28. The van der Waals surface area contributed by atoms with Crippen LogP contribution in [0, 0.1) is 0 Å². The van der Waals surface area contributed by atoms with E-state index < -0.39 is 0 Å². The van der Waals surface area contributed by atoms with Crippen LogP contribution in [-0.4, -0.2) is 26.1 Å². The van der Waals surface area contributed by atoms with Crippen molar-refractivity contribution in [2.45, 2.75) is 25.7 Å². The zero-order chi connectivity index (χ0) is 13.4. The van der Waals surface area contributed by atoms with E-state index in [1.165, 1.54) is 0 Å². The largest absolute Gasteiger partial charge is 0.497 e. The van der Waals surface area contributed by atoms with Gasteiger partial charge in [0, 0.05) is 13.0 Å². The van der Waals surface area contributed by atoms with Gasteiger partial charge >= 0.3 is 0 Å². The van der Waals surface area contributed by atoms with Crippen LogP contribution in [0.4, 0.5) is 0 Å². The maximum atomic E-state index is 11.7. The maximum absolute atomic E-state index is 11.7. The van der Waals surface area contributed by atoms with Gasteiger partial charge in [-0.25, -0.2) is 0 Å². The maximum Gasteiger partial charge on any atom is 0.220 e. The van der Waals surface area contributed by atoms with E-state index in [4.69, 9.17) is 10.5 Å². The molecule has 0 saturated carbocycles. The number of carbonyl (C=O) groups excluding carboxylic acids is 1. The molecule has 0 aliphatic carbocycles. The summed E-state index contributed by atoms with van der Waals surface area (Å²) in [6.45, 7) is 3.29. The van der Waals surface area contributed by atoms with Gasteiger partial charge in [-0.05, 0) is 36.6 Å². The van der Waals surface area contributed by atoms with Crippen molar-refractivity contribution in [1.82, 2.24) is 5.32 Å². The van der Waals surface area contributed by atoms with Gasteiger partial charge in [-0.3, -0.25) is 4.79 Å².